The summed E-state index contributed by atoms with van der Waals surface area (Å²) < 4.78 is 0. The Morgan fingerprint density at radius 3 is 2.27 bits per heavy atom. The van der Waals surface area contributed by atoms with Crippen molar-refractivity contribution in [2.45, 2.75) is 107 Å². The monoisotopic (exact) mass is 507 g/mol. The smallest absolute Gasteiger partial charge is 0.309 e. The lowest BCUT2D eigenvalue weighted by atomic mass is 9.40. The molecule has 37 heavy (non-hydrogen) atoms. The first-order valence-electron chi connectivity index (χ1n) is 14.1. The van der Waals surface area contributed by atoms with Gasteiger partial charge in [0.25, 0.3) is 0 Å². The highest BCUT2D eigenvalue weighted by molar-refractivity contribution is 6.04. The number of nitrogens with zero attached hydrogens (tertiary/aromatic N) is 1. The maximum absolute atomic E-state index is 13.3. The van der Waals surface area contributed by atoms with Crippen LogP contribution in [0.5, 0.6) is 0 Å². The van der Waals surface area contributed by atoms with Gasteiger partial charge in [-0.1, -0.05) is 67.0 Å². The third-order valence-corrected chi connectivity index (χ3v) is 11.9. The number of nitriles is 1. The van der Waals surface area contributed by atoms with E-state index in [2.05, 4.69) is 47.6 Å². The highest BCUT2D eigenvalue weighted by Crippen LogP contribution is 2.69. The predicted octanol–water partition coefficient (Wildman–Crippen LogP) is 7.07. The average molecular weight is 508 g/mol. The Kier molecular flexibility index (Phi) is 6.30. The molecule has 4 rings (SSSR count). The van der Waals surface area contributed by atoms with Gasteiger partial charge in [-0.05, 0) is 79.1 Å². The van der Waals surface area contributed by atoms with Crippen molar-refractivity contribution < 1.29 is 19.5 Å². The summed E-state index contributed by atoms with van der Waals surface area (Å²) >= 11 is 0. The van der Waals surface area contributed by atoms with E-state index in [1.54, 1.807) is 0 Å². The van der Waals surface area contributed by atoms with Crippen LogP contribution in [-0.4, -0.2) is 22.6 Å². The number of carbonyl (C=O) groups excluding carboxylic acids is 2. The van der Waals surface area contributed by atoms with Crippen LogP contribution < -0.4 is 0 Å². The Morgan fingerprint density at radius 1 is 1.05 bits per heavy atom. The number of fused-ring (bicyclic) bond motifs is 3. The number of rotatable bonds is 4. The van der Waals surface area contributed by atoms with E-state index >= 15 is 0 Å². The molecule has 0 aromatic carbocycles. The van der Waals surface area contributed by atoms with Gasteiger partial charge in [0.2, 0.25) is 0 Å². The summed E-state index contributed by atoms with van der Waals surface area (Å²) in [6.45, 7) is 17.0. The summed E-state index contributed by atoms with van der Waals surface area (Å²) in [5, 5.41) is 20.3. The molecule has 1 N–H and O–H groups in total. The van der Waals surface area contributed by atoms with Gasteiger partial charge in [-0.3, -0.25) is 14.4 Å². The molecule has 0 bridgehead atoms. The second-order valence-corrected chi connectivity index (χ2v) is 14.9. The zero-order valence-corrected chi connectivity index (χ0v) is 24.1. The van der Waals surface area contributed by atoms with Crippen LogP contribution in [0.25, 0.3) is 0 Å². The number of carboxylic acids is 1. The van der Waals surface area contributed by atoms with Crippen molar-refractivity contribution in [1.29, 1.82) is 5.26 Å². The van der Waals surface area contributed by atoms with Crippen LogP contribution in [0.15, 0.2) is 23.3 Å². The molecular weight excluding hydrogens is 462 g/mol. The lowest BCUT2D eigenvalue weighted by Crippen LogP contribution is -2.58. The summed E-state index contributed by atoms with van der Waals surface area (Å²) in [7, 11) is 0. The number of Topliss-reactive ketones (excluding diaryl/α,β-unsaturated/α-hetero) is 1. The molecule has 5 nitrogen and oxygen atoms in total. The van der Waals surface area contributed by atoms with Gasteiger partial charge in [-0.15, -0.1) is 0 Å². The molecule has 2 fully saturated rings. The van der Waals surface area contributed by atoms with Gasteiger partial charge in [0.15, 0.2) is 11.6 Å². The van der Waals surface area contributed by atoms with Gasteiger partial charge in [0.05, 0.1) is 11.0 Å². The van der Waals surface area contributed by atoms with Crippen LogP contribution in [0.1, 0.15) is 107 Å². The van der Waals surface area contributed by atoms with Crippen LogP contribution in [0, 0.1) is 55.7 Å². The summed E-state index contributed by atoms with van der Waals surface area (Å²) in [5.41, 5.74) is -1.38. The third-order valence-electron chi connectivity index (χ3n) is 11.9. The van der Waals surface area contributed by atoms with Crippen molar-refractivity contribution in [3.8, 4) is 6.07 Å². The topological polar surface area (TPSA) is 95.2 Å². The minimum Gasteiger partial charge on any atom is -0.481 e. The van der Waals surface area contributed by atoms with E-state index in [4.69, 9.17) is 0 Å². The van der Waals surface area contributed by atoms with E-state index < -0.39 is 27.6 Å². The summed E-state index contributed by atoms with van der Waals surface area (Å²) in [5.74, 6) is -0.666. The summed E-state index contributed by atoms with van der Waals surface area (Å²) in [6, 6.07) is 2.14. The van der Waals surface area contributed by atoms with Crippen LogP contribution in [0.4, 0.5) is 0 Å². The number of allylic oxidation sites excluding steroid dienone is 4. The maximum Gasteiger partial charge on any atom is 0.309 e. The molecule has 202 valence electrons. The molecule has 0 radical (unpaired) electrons. The fraction of sp³-hybridized carbons (Fsp3) is 0.750. The second kappa shape index (κ2) is 8.39. The number of carbonyl (C=O) groups is 3. The first kappa shape index (κ1) is 27.8. The molecule has 0 aromatic rings. The number of aliphatic carboxylic acids is 1. The minimum absolute atomic E-state index is 0.00466. The van der Waals surface area contributed by atoms with E-state index in [1.165, 1.54) is 0 Å². The quantitative estimate of drug-likeness (QED) is 0.439. The summed E-state index contributed by atoms with van der Waals surface area (Å²) in [6.07, 6.45) is 9.42. The maximum atomic E-state index is 13.3. The van der Waals surface area contributed by atoms with Gasteiger partial charge < -0.3 is 5.11 Å². The van der Waals surface area contributed by atoms with Crippen molar-refractivity contribution >= 4 is 17.5 Å². The van der Waals surface area contributed by atoms with Crippen molar-refractivity contribution in [2.24, 2.45) is 44.3 Å². The van der Waals surface area contributed by atoms with Gasteiger partial charge in [0, 0.05) is 17.3 Å². The van der Waals surface area contributed by atoms with Gasteiger partial charge in [-0.2, -0.15) is 5.26 Å². The molecule has 0 aliphatic heterocycles. The van der Waals surface area contributed by atoms with Crippen LogP contribution in [-0.2, 0) is 14.4 Å². The number of hydrogen-bond donors (Lipinski definition) is 1. The molecule has 0 heterocycles. The Morgan fingerprint density at radius 2 is 1.70 bits per heavy atom. The minimum atomic E-state index is -0.770. The van der Waals surface area contributed by atoms with Gasteiger partial charge in [-0.25, -0.2) is 0 Å². The molecule has 0 aromatic heterocycles. The Balaban J connectivity index is 1.75. The van der Waals surface area contributed by atoms with Crippen molar-refractivity contribution in [1.82, 2.24) is 0 Å². The lowest BCUT2D eigenvalue weighted by molar-refractivity contribution is -0.159. The van der Waals surface area contributed by atoms with E-state index in [0.29, 0.717) is 25.7 Å². The molecule has 2 saturated carbocycles. The SMILES string of the molecule is CC1CC(C)(C)CC[C@@]1(CC[C@]1(C)CC(=O)C=C2[C@@]3(C)C=C(C#N)C(=O)C(C)(C)[C@@H]3CC[C@]21C)C(=O)O. The zero-order valence-electron chi connectivity index (χ0n) is 24.1. The molecule has 6 atom stereocenters. The number of ketones is 2. The molecule has 0 saturated heterocycles. The largest absolute Gasteiger partial charge is 0.481 e. The van der Waals surface area contributed by atoms with Crippen molar-refractivity contribution in [3.63, 3.8) is 0 Å². The number of carboxylic acid groups (broad SMARTS) is 1. The Hall–Kier alpha value is -2.22. The first-order chi connectivity index (χ1) is 16.9. The third kappa shape index (κ3) is 3.88. The molecule has 1 unspecified atom stereocenters. The number of hydrogen-bond acceptors (Lipinski definition) is 4. The van der Waals surface area contributed by atoms with E-state index in [9.17, 15) is 24.8 Å². The first-order valence-corrected chi connectivity index (χ1v) is 14.1. The van der Waals surface area contributed by atoms with Crippen LogP contribution in [0.3, 0.4) is 0 Å². The van der Waals surface area contributed by atoms with Crippen LogP contribution in [0.2, 0.25) is 0 Å². The Labute approximate surface area is 222 Å². The zero-order chi connectivity index (χ0) is 27.8. The highest BCUT2D eigenvalue weighted by atomic mass is 16.4. The lowest BCUT2D eigenvalue weighted by Gasteiger charge is -2.63. The summed E-state index contributed by atoms with van der Waals surface area (Å²) in [4.78, 5) is 39.2. The van der Waals surface area contributed by atoms with Crippen molar-refractivity contribution in [2.75, 3.05) is 0 Å². The van der Waals surface area contributed by atoms with Crippen LogP contribution >= 0.6 is 0 Å². The molecule has 5 heteroatoms. The van der Waals surface area contributed by atoms with E-state index in [1.807, 2.05) is 26.0 Å². The highest BCUT2D eigenvalue weighted by Gasteiger charge is 2.63. The fourth-order valence-electron chi connectivity index (χ4n) is 9.22. The fourth-order valence-corrected chi connectivity index (χ4v) is 9.22. The molecule has 0 spiro atoms. The van der Waals surface area contributed by atoms with E-state index in [-0.39, 0.29) is 39.8 Å². The second-order valence-electron chi connectivity index (χ2n) is 14.9. The van der Waals surface area contributed by atoms with Gasteiger partial charge in [0.1, 0.15) is 6.07 Å². The van der Waals surface area contributed by atoms with Crippen molar-refractivity contribution in [3.05, 3.63) is 23.3 Å². The molecule has 0 amide bonds. The average Bonchev–Trinajstić information content (AvgIpc) is 2.77. The van der Waals surface area contributed by atoms with E-state index in [0.717, 1.165) is 31.3 Å². The molecule has 4 aliphatic carbocycles. The Bertz CT molecular complexity index is 1150. The molecular formula is C32H45NO4. The van der Waals surface area contributed by atoms with Gasteiger partial charge >= 0.3 is 5.97 Å². The molecule has 4 aliphatic rings. The predicted molar refractivity (Wildman–Crippen MR) is 143 cm³/mol. The standard InChI is InChI=1S/C32H45NO4/c1-20-16-27(2,3)11-13-32(20,26(36)37)14-12-29(6)18-22(34)15-24-30(7)17-21(19-33)25(35)28(4,5)23(30)9-10-31(24,29)8/h15,17,20,23H,9-14,16,18H2,1-8H3,(H,36,37)/t20?,23-,29+,30-,31+,32-/m0/s1. The normalized spacial score (nSPS) is 42.6.